The Morgan fingerprint density at radius 2 is 2.07 bits per heavy atom. The van der Waals surface area contributed by atoms with Crippen LogP contribution in [0.5, 0.6) is 0 Å². The number of halogens is 1. The maximum Gasteiger partial charge on any atom is 0.277 e. The molecule has 142 valence electrons. The smallest absolute Gasteiger partial charge is 0.277 e. The monoisotopic (exact) mass is 387 g/mol. The van der Waals surface area contributed by atoms with Crippen LogP contribution in [0.4, 0.5) is 10.1 Å². The molecule has 0 atom stereocenters. The van der Waals surface area contributed by atoms with E-state index in [1.807, 2.05) is 0 Å². The highest BCUT2D eigenvalue weighted by Crippen LogP contribution is 2.24. The van der Waals surface area contributed by atoms with Crippen molar-refractivity contribution < 1.29 is 13.7 Å². The van der Waals surface area contributed by atoms with E-state index in [0.29, 0.717) is 29.1 Å². The molecule has 29 heavy (non-hydrogen) atoms. The summed E-state index contributed by atoms with van der Waals surface area (Å²) in [7, 11) is 0. The largest absolute Gasteiger partial charge is 0.355 e. The molecule has 1 amide bonds. The van der Waals surface area contributed by atoms with Crippen LogP contribution in [-0.2, 0) is 6.54 Å². The maximum absolute atomic E-state index is 13.3. The topological polar surface area (TPSA) is 96.7 Å². The van der Waals surface area contributed by atoms with Crippen LogP contribution in [0.15, 0.2) is 71.5 Å². The minimum Gasteiger partial charge on any atom is -0.355 e. The first-order valence-electron chi connectivity index (χ1n) is 8.67. The highest BCUT2D eigenvalue weighted by Gasteiger charge is 2.16. The van der Waals surface area contributed by atoms with Crippen LogP contribution >= 0.6 is 0 Å². The normalized spacial score (nSPS) is 10.5. The summed E-state index contributed by atoms with van der Waals surface area (Å²) < 4.78 is 20.1. The van der Waals surface area contributed by atoms with Gasteiger partial charge in [0.15, 0.2) is 11.5 Å². The van der Waals surface area contributed by atoms with E-state index in [1.165, 1.54) is 24.4 Å². The Morgan fingerprint density at radius 3 is 2.90 bits per heavy atom. The maximum atomic E-state index is 13.3. The zero-order chi connectivity index (χ0) is 20.2. The van der Waals surface area contributed by atoms with Crippen molar-refractivity contribution in [2.75, 3.05) is 5.32 Å². The second kappa shape index (κ2) is 7.78. The summed E-state index contributed by atoms with van der Waals surface area (Å²) in [5.41, 5.74) is 2.28. The van der Waals surface area contributed by atoms with Crippen molar-refractivity contribution in [3.8, 4) is 17.4 Å². The molecule has 2 aromatic heterocycles. The number of hydrogen-bond acceptors (Lipinski definition) is 5. The average Bonchev–Trinajstić information content (AvgIpc) is 3.38. The predicted molar refractivity (Wildman–Crippen MR) is 102 cm³/mol. The molecule has 0 aliphatic rings. The van der Waals surface area contributed by atoms with Gasteiger partial charge in [-0.05, 0) is 29.8 Å². The molecule has 8 heteroatoms. The van der Waals surface area contributed by atoms with Crippen LogP contribution in [0.1, 0.15) is 21.6 Å². The van der Waals surface area contributed by atoms with Crippen molar-refractivity contribution in [1.82, 2.24) is 14.9 Å². The van der Waals surface area contributed by atoms with Gasteiger partial charge in [0.05, 0.1) is 30.1 Å². The Bertz CT molecular complexity index is 1220. The molecule has 0 bridgehead atoms. The first-order chi connectivity index (χ1) is 14.1. The molecule has 2 heterocycles. The number of anilines is 1. The van der Waals surface area contributed by atoms with Crippen molar-refractivity contribution in [2.24, 2.45) is 0 Å². The number of nitrogens with one attached hydrogen (secondary N) is 1. The highest BCUT2D eigenvalue weighted by atomic mass is 19.1. The number of carbonyl (C=O) groups excluding carboxylic acids is 1. The van der Waals surface area contributed by atoms with Gasteiger partial charge in [0, 0.05) is 17.8 Å². The molecule has 4 aromatic rings. The number of rotatable bonds is 5. The minimum absolute atomic E-state index is 0.0747. The second-order valence-corrected chi connectivity index (χ2v) is 6.24. The fraction of sp³-hybridized carbons (Fsp3) is 0.0476. The lowest BCUT2D eigenvalue weighted by Crippen LogP contribution is -2.11. The Hall–Kier alpha value is -4.25. The minimum atomic E-state index is -0.472. The molecule has 0 aliphatic heterocycles. The molecule has 7 nitrogen and oxygen atoms in total. The van der Waals surface area contributed by atoms with Gasteiger partial charge in [-0.2, -0.15) is 10.4 Å². The summed E-state index contributed by atoms with van der Waals surface area (Å²) in [6, 6.07) is 16.7. The number of nitriles is 1. The molecule has 0 spiro atoms. The quantitative estimate of drug-likeness (QED) is 0.561. The van der Waals surface area contributed by atoms with E-state index >= 15 is 0 Å². The zero-order valence-electron chi connectivity index (χ0n) is 15.0. The van der Waals surface area contributed by atoms with E-state index in [9.17, 15) is 14.4 Å². The zero-order valence-corrected chi connectivity index (χ0v) is 15.0. The standard InChI is InChI=1S/C21H14FN5O2/c22-16-6-3-4-14(8-16)12-27-13-17(11-24-27)25-21(28)19-9-20(29-26-19)18-7-2-1-5-15(18)10-23/h1-9,11,13H,12H2,(H,25,28). The lowest BCUT2D eigenvalue weighted by atomic mass is 10.1. The van der Waals surface area contributed by atoms with E-state index in [0.717, 1.165) is 5.56 Å². The van der Waals surface area contributed by atoms with Crippen molar-refractivity contribution in [2.45, 2.75) is 6.54 Å². The number of nitrogens with zero attached hydrogens (tertiary/aromatic N) is 4. The van der Waals surface area contributed by atoms with Gasteiger partial charge in [-0.25, -0.2) is 4.39 Å². The van der Waals surface area contributed by atoms with Crippen LogP contribution < -0.4 is 5.32 Å². The van der Waals surface area contributed by atoms with Gasteiger partial charge in [0.1, 0.15) is 5.82 Å². The van der Waals surface area contributed by atoms with Gasteiger partial charge in [0.2, 0.25) is 0 Å². The van der Waals surface area contributed by atoms with Crippen LogP contribution in [0.2, 0.25) is 0 Å². The molecule has 0 radical (unpaired) electrons. The molecule has 2 aromatic carbocycles. The van der Waals surface area contributed by atoms with Crippen molar-refractivity contribution in [1.29, 1.82) is 5.26 Å². The third-order valence-electron chi connectivity index (χ3n) is 4.18. The Morgan fingerprint density at radius 1 is 1.21 bits per heavy atom. The molecular weight excluding hydrogens is 373 g/mol. The summed E-state index contributed by atoms with van der Waals surface area (Å²) >= 11 is 0. The first-order valence-corrected chi connectivity index (χ1v) is 8.67. The number of hydrogen-bond donors (Lipinski definition) is 1. The summed E-state index contributed by atoms with van der Waals surface area (Å²) in [4.78, 5) is 12.4. The Balaban J connectivity index is 1.46. The third kappa shape index (κ3) is 4.04. The molecule has 0 aliphatic carbocycles. The van der Waals surface area contributed by atoms with Crippen LogP contribution in [0.25, 0.3) is 11.3 Å². The van der Waals surface area contributed by atoms with Gasteiger partial charge in [-0.15, -0.1) is 0 Å². The lowest BCUT2D eigenvalue weighted by Gasteiger charge is -2.02. The third-order valence-corrected chi connectivity index (χ3v) is 4.18. The average molecular weight is 387 g/mol. The molecule has 0 unspecified atom stereocenters. The number of carbonyl (C=O) groups is 1. The molecular formula is C21H14FN5O2. The summed E-state index contributed by atoms with van der Waals surface area (Å²) in [6.45, 7) is 0.368. The SMILES string of the molecule is N#Cc1ccccc1-c1cc(C(=O)Nc2cnn(Cc3cccc(F)c3)c2)no1. The fourth-order valence-electron chi connectivity index (χ4n) is 2.84. The number of aromatic nitrogens is 3. The lowest BCUT2D eigenvalue weighted by molar-refractivity contribution is 0.101. The number of amides is 1. The predicted octanol–water partition coefficient (Wildman–Crippen LogP) is 3.85. The second-order valence-electron chi connectivity index (χ2n) is 6.24. The molecule has 1 N–H and O–H groups in total. The van der Waals surface area contributed by atoms with Crippen LogP contribution in [0, 0.1) is 17.1 Å². The summed E-state index contributed by atoms with van der Waals surface area (Å²) in [5.74, 6) is -0.461. The van der Waals surface area contributed by atoms with Crippen LogP contribution in [-0.4, -0.2) is 20.8 Å². The van der Waals surface area contributed by atoms with Gasteiger partial charge < -0.3 is 9.84 Å². The molecule has 0 saturated heterocycles. The van der Waals surface area contributed by atoms with E-state index < -0.39 is 5.91 Å². The Kier molecular flexibility index (Phi) is 4.86. The Labute approximate surface area is 165 Å². The molecule has 0 fully saturated rings. The van der Waals surface area contributed by atoms with Gasteiger partial charge in [-0.3, -0.25) is 9.48 Å². The first kappa shape index (κ1) is 18.1. The van der Waals surface area contributed by atoms with E-state index in [4.69, 9.17) is 4.52 Å². The summed E-state index contributed by atoms with van der Waals surface area (Å²) in [6.07, 6.45) is 3.12. The van der Waals surface area contributed by atoms with Crippen LogP contribution in [0.3, 0.4) is 0 Å². The van der Waals surface area contributed by atoms with Crippen molar-refractivity contribution in [3.63, 3.8) is 0 Å². The van der Waals surface area contributed by atoms with Crippen molar-refractivity contribution in [3.05, 3.63) is 89.6 Å². The van der Waals surface area contributed by atoms with Crippen molar-refractivity contribution >= 4 is 11.6 Å². The van der Waals surface area contributed by atoms with Gasteiger partial charge in [0.25, 0.3) is 5.91 Å². The fourth-order valence-corrected chi connectivity index (χ4v) is 2.84. The van der Waals surface area contributed by atoms with E-state index in [2.05, 4.69) is 21.6 Å². The number of benzene rings is 2. The van der Waals surface area contributed by atoms with E-state index in [-0.39, 0.29) is 11.5 Å². The van der Waals surface area contributed by atoms with E-state index in [1.54, 1.807) is 47.3 Å². The van der Waals surface area contributed by atoms with Gasteiger partial charge in [-0.1, -0.05) is 29.4 Å². The molecule has 4 rings (SSSR count). The van der Waals surface area contributed by atoms with Gasteiger partial charge >= 0.3 is 0 Å². The summed E-state index contributed by atoms with van der Waals surface area (Å²) in [5, 5.41) is 19.8. The molecule has 0 saturated carbocycles. The highest BCUT2D eigenvalue weighted by molar-refractivity contribution is 6.03.